The highest BCUT2D eigenvalue weighted by molar-refractivity contribution is 7.98. The second kappa shape index (κ2) is 6.03. The van der Waals surface area contributed by atoms with E-state index in [0.29, 0.717) is 16.5 Å². The fraction of sp³-hybridized carbons (Fsp3) is 0.0714. The number of nitrogens with zero attached hydrogens (tertiary/aromatic N) is 2. The molecule has 1 aromatic carbocycles. The van der Waals surface area contributed by atoms with Gasteiger partial charge in [-0.05, 0) is 11.6 Å². The van der Waals surface area contributed by atoms with E-state index in [2.05, 4.69) is 9.83 Å². The molecule has 0 aliphatic heterocycles. The molecule has 0 unspecified atom stereocenters. The predicted octanol–water partition coefficient (Wildman–Crippen LogP) is 3.62. The Morgan fingerprint density at radius 2 is 2.00 bits per heavy atom. The van der Waals surface area contributed by atoms with Crippen molar-refractivity contribution in [1.82, 2.24) is 4.98 Å². The fourth-order valence-corrected chi connectivity index (χ4v) is 2.39. The van der Waals surface area contributed by atoms with Gasteiger partial charge in [-0.15, -0.1) is 11.8 Å². The summed E-state index contributed by atoms with van der Waals surface area (Å²) in [6.45, 7) is 7.07. The van der Waals surface area contributed by atoms with Crippen molar-refractivity contribution in [3.63, 3.8) is 0 Å². The number of aromatic nitrogens is 1. The van der Waals surface area contributed by atoms with Crippen molar-refractivity contribution in [2.45, 2.75) is 10.8 Å². The average Bonchev–Trinajstić information content (AvgIpc) is 2.45. The molecule has 0 atom stereocenters. The maximum Gasteiger partial charge on any atom is 0.354 e. The third kappa shape index (κ3) is 3.33. The second-order valence-corrected chi connectivity index (χ2v) is 4.68. The summed E-state index contributed by atoms with van der Waals surface area (Å²) in [6, 6.07) is 12.6. The minimum Gasteiger partial charge on any atom is -0.477 e. The number of hydrogen-bond donors (Lipinski definition) is 1. The van der Waals surface area contributed by atoms with E-state index in [-0.39, 0.29) is 5.69 Å². The van der Waals surface area contributed by atoms with Crippen LogP contribution in [0, 0.1) is 6.57 Å². The highest BCUT2D eigenvalue weighted by Crippen LogP contribution is 2.30. The molecule has 1 heterocycles. The van der Waals surface area contributed by atoms with Crippen LogP contribution in [0.5, 0.6) is 0 Å². The van der Waals surface area contributed by atoms with E-state index in [4.69, 9.17) is 11.7 Å². The van der Waals surface area contributed by atoms with Gasteiger partial charge in [-0.3, -0.25) is 0 Å². The zero-order chi connectivity index (χ0) is 13.7. The van der Waals surface area contributed by atoms with Crippen molar-refractivity contribution in [2.75, 3.05) is 0 Å². The Hall–Kier alpha value is -2.32. The van der Waals surface area contributed by atoms with Gasteiger partial charge < -0.3 is 5.11 Å². The Bertz CT molecular complexity index is 636. The summed E-state index contributed by atoms with van der Waals surface area (Å²) in [5.41, 5.74) is 1.44. The molecule has 2 rings (SSSR count). The first-order valence-corrected chi connectivity index (χ1v) is 6.48. The van der Waals surface area contributed by atoms with Crippen LogP contribution < -0.4 is 0 Å². The number of thioether (sulfide) groups is 1. The molecule has 1 N–H and O–H groups in total. The van der Waals surface area contributed by atoms with Crippen molar-refractivity contribution in [3.05, 3.63) is 65.1 Å². The molecular weight excluding hydrogens is 260 g/mol. The van der Waals surface area contributed by atoms with Gasteiger partial charge >= 0.3 is 5.97 Å². The van der Waals surface area contributed by atoms with Crippen molar-refractivity contribution in [2.24, 2.45) is 0 Å². The average molecular weight is 270 g/mol. The molecule has 0 saturated heterocycles. The molecule has 0 amide bonds. The molecule has 5 heteroatoms. The summed E-state index contributed by atoms with van der Waals surface area (Å²) in [5, 5.41) is 9.37. The number of hydrogen-bond acceptors (Lipinski definition) is 3. The number of aromatic carboxylic acids is 1. The normalized spacial score (nSPS) is 9.84. The molecule has 2 aromatic rings. The predicted molar refractivity (Wildman–Crippen MR) is 73.5 cm³/mol. The molecule has 0 saturated carbocycles. The fourth-order valence-electron chi connectivity index (χ4n) is 1.47. The first-order valence-electron chi connectivity index (χ1n) is 5.49. The number of carbonyl (C=O) groups is 1. The molecule has 1 aromatic heterocycles. The van der Waals surface area contributed by atoms with Gasteiger partial charge in [0.05, 0.1) is 6.57 Å². The van der Waals surface area contributed by atoms with Crippen LogP contribution in [0.4, 0.5) is 5.69 Å². The molecule has 0 spiro atoms. The summed E-state index contributed by atoms with van der Waals surface area (Å²) in [6.07, 6.45) is 0. The van der Waals surface area contributed by atoms with E-state index >= 15 is 0 Å². The lowest BCUT2D eigenvalue weighted by atomic mass is 10.2. The van der Waals surface area contributed by atoms with Gasteiger partial charge in [0.1, 0.15) is 10.7 Å². The molecule has 0 fully saturated rings. The van der Waals surface area contributed by atoms with Gasteiger partial charge in [-0.2, -0.15) is 0 Å². The van der Waals surface area contributed by atoms with Gasteiger partial charge in [-0.25, -0.2) is 14.6 Å². The molecule has 0 radical (unpaired) electrons. The lowest BCUT2D eigenvalue weighted by Gasteiger charge is -2.04. The van der Waals surface area contributed by atoms with Crippen LogP contribution in [0.3, 0.4) is 0 Å². The lowest BCUT2D eigenvalue weighted by Crippen LogP contribution is -2.00. The van der Waals surface area contributed by atoms with E-state index in [9.17, 15) is 4.79 Å². The van der Waals surface area contributed by atoms with Crippen LogP contribution in [0.15, 0.2) is 47.5 Å². The Morgan fingerprint density at radius 3 is 2.63 bits per heavy atom. The van der Waals surface area contributed by atoms with Gasteiger partial charge in [0.2, 0.25) is 5.69 Å². The topological polar surface area (TPSA) is 54.5 Å². The Balaban J connectivity index is 2.21. The van der Waals surface area contributed by atoms with Crippen LogP contribution in [0.1, 0.15) is 16.1 Å². The monoisotopic (exact) mass is 270 g/mol. The zero-order valence-electron chi connectivity index (χ0n) is 9.91. The van der Waals surface area contributed by atoms with E-state index in [1.54, 1.807) is 0 Å². The molecule has 4 nitrogen and oxygen atoms in total. The zero-order valence-corrected chi connectivity index (χ0v) is 10.7. The summed E-state index contributed by atoms with van der Waals surface area (Å²) in [7, 11) is 0. The molecule has 19 heavy (non-hydrogen) atoms. The van der Waals surface area contributed by atoms with Crippen molar-refractivity contribution >= 4 is 23.4 Å². The van der Waals surface area contributed by atoms with Crippen LogP contribution in [-0.4, -0.2) is 16.1 Å². The quantitative estimate of drug-likeness (QED) is 0.681. The van der Waals surface area contributed by atoms with E-state index < -0.39 is 5.97 Å². The van der Waals surface area contributed by atoms with Crippen LogP contribution in [0.25, 0.3) is 4.85 Å². The summed E-state index contributed by atoms with van der Waals surface area (Å²) in [4.78, 5) is 18.2. The minimum absolute atomic E-state index is 0.0389. The third-order valence-corrected chi connectivity index (χ3v) is 3.45. The number of pyridine rings is 1. The van der Waals surface area contributed by atoms with Crippen molar-refractivity contribution in [1.29, 1.82) is 0 Å². The van der Waals surface area contributed by atoms with Crippen LogP contribution in [0.2, 0.25) is 0 Å². The van der Waals surface area contributed by atoms with Crippen LogP contribution in [-0.2, 0) is 5.75 Å². The maximum absolute atomic E-state index is 10.9. The van der Waals surface area contributed by atoms with Crippen molar-refractivity contribution in [3.8, 4) is 0 Å². The van der Waals surface area contributed by atoms with Gasteiger partial charge in [-0.1, -0.05) is 36.4 Å². The molecule has 94 valence electrons. The largest absolute Gasteiger partial charge is 0.477 e. The molecule has 0 aliphatic carbocycles. The molecular formula is C14H10N2O2S. The first-order chi connectivity index (χ1) is 9.20. The Morgan fingerprint density at radius 1 is 1.26 bits per heavy atom. The smallest absolute Gasteiger partial charge is 0.354 e. The second-order valence-electron chi connectivity index (χ2n) is 3.71. The lowest BCUT2D eigenvalue weighted by molar-refractivity contribution is 0.0690. The van der Waals surface area contributed by atoms with Gasteiger partial charge in [0.15, 0.2) is 0 Å². The van der Waals surface area contributed by atoms with Crippen molar-refractivity contribution < 1.29 is 9.90 Å². The Kier molecular flexibility index (Phi) is 4.16. The third-order valence-electron chi connectivity index (χ3n) is 2.40. The summed E-state index contributed by atoms with van der Waals surface area (Å²) < 4.78 is 0. The number of rotatable bonds is 4. The first kappa shape index (κ1) is 13.1. The highest BCUT2D eigenvalue weighted by atomic mass is 32.2. The minimum atomic E-state index is -1.09. The van der Waals surface area contributed by atoms with Gasteiger partial charge in [0, 0.05) is 5.75 Å². The number of benzene rings is 1. The van der Waals surface area contributed by atoms with Gasteiger partial charge in [0.25, 0.3) is 0 Å². The SMILES string of the molecule is [C-]#[N+]c1ccc(C(=O)O)nc1SCc1ccccc1. The molecule has 0 bridgehead atoms. The molecule has 0 aliphatic rings. The standard InChI is InChI=1S/C14H10N2O2S/c1-15-11-7-8-12(14(17)18)16-13(11)19-9-10-5-3-2-4-6-10/h2-8H,9H2,(H,17,18). The summed E-state index contributed by atoms with van der Waals surface area (Å²) >= 11 is 1.37. The Labute approximate surface area is 114 Å². The van der Waals surface area contributed by atoms with Crippen LogP contribution >= 0.6 is 11.8 Å². The number of carboxylic acids is 1. The maximum atomic E-state index is 10.9. The highest BCUT2D eigenvalue weighted by Gasteiger charge is 2.10. The number of carboxylic acid groups (broad SMARTS) is 1. The van der Waals surface area contributed by atoms with E-state index in [0.717, 1.165) is 5.56 Å². The summed E-state index contributed by atoms with van der Waals surface area (Å²) in [5.74, 6) is -0.433. The van der Waals surface area contributed by atoms with E-state index in [1.807, 2.05) is 30.3 Å². The van der Waals surface area contributed by atoms with E-state index in [1.165, 1.54) is 23.9 Å².